The summed E-state index contributed by atoms with van der Waals surface area (Å²) in [7, 11) is 0. The van der Waals surface area contributed by atoms with Crippen LogP contribution >= 0.6 is 0 Å². The summed E-state index contributed by atoms with van der Waals surface area (Å²) in [5.41, 5.74) is 6.50. The lowest BCUT2D eigenvalue weighted by Gasteiger charge is -1.84. The monoisotopic (exact) mass is 138 g/mol. The van der Waals surface area contributed by atoms with Gasteiger partial charge in [0, 0.05) is 18.3 Å². The maximum absolute atomic E-state index is 9.03. The average molecular weight is 138 g/mol. The fraction of sp³-hybridized carbons (Fsp3) is 0. The number of nitrogens with two attached hydrogens (primary N) is 1. The van der Waals surface area contributed by atoms with Gasteiger partial charge < -0.3 is 15.4 Å². The van der Waals surface area contributed by atoms with Crippen LogP contribution in [0.5, 0.6) is 0 Å². The van der Waals surface area contributed by atoms with E-state index in [0.29, 0.717) is 17.0 Å². The van der Waals surface area contributed by atoms with E-state index in [-0.39, 0.29) is 0 Å². The highest BCUT2D eigenvalue weighted by atomic mass is 16.5. The van der Waals surface area contributed by atoms with Crippen molar-refractivity contribution in [3.05, 3.63) is 18.3 Å². The summed E-state index contributed by atoms with van der Waals surface area (Å²) in [5, 5.41) is 9.03. The number of furan rings is 1. The average Bonchev–Trinajstić information content (AvgIpc) is 2.35. The molecule has 0 aliphatic heterocycles. The van der Waals surface area contributed by atoms with Gasteiger partial charge in [0.05, 0.1) is 0 Å². The summed E-state index contributed by atoms with van der Waals surface area (Å²) in [6, 6.07) is 3.21. The molecule has 3 N–H and O–H groups in total. The third-order valence-electron chi connectivity index (χ3n) is 1.37. The highest BCUT2D eigenvalue weighted by Gasteiger charge is 2.03. The van der Waals surface area contributed by atoms with Crippen molar-refractivity contribution in [1.82, 2.24) is 4.73 Å². The first-order valence-corrected chi connectivity index (χ1v) is 2.83. The van der Waals surface area contributed by atoms with E-state index in [1.54, 1.807) is 12.1 Å². The second-order valence-electron chi connectivity index (χ2n) is 2.06. The lowest BCUT2D eigenvalue weighted by molar-refractivity contribution is 0.200. The van der Waals surface area contributed by atoms with Crippen molar-refractivity contribution in [3.8, 4) is 0 Å². The molecule has 0 spiro atoms. The molecular formula is C6H6N2O2. The molecule has 4 nitrogen and oxygen atoms in total. The molecule has 2 aromatic rings. The van der Waals surface area contributed by atoms with Crippen LogP contribution in [0.4, 0.5) is 5.88 Å². The number of aromatic nitrogens is 1. The third-order valence-corrected chi connectivity index (χ3v) is 1.37. The molecule has 2 rings (SSSR count). The molecule has 10 heavy (non-hydrogen) atoms. The number of hydrogen-bond acceptors (Lipinski definition) is 3. The van der Waals surface area contributed by atoms with Gasteiger partial charge in [-0.1, -0.05) is 0 Å². The molecule has 2 heterocycles. The van der Waals surface area contributed by atoms with Crippen LogP contribution in [-0.4, -0.2) is 9.94 Å². The van der Waals surface area contributed by atoms with Gasteiger partial charge in [0.25, 0.3) is 0 Å². The van der Waals surface area contributed by atoms with Gasteiger partial charge in [0.2, 0.25) is 0 Å². The summed E-state index contributed by atoms with van der Waals surface area (Å²) in [5.74, 6) is 0.313. The zero-order valence-corrected chi connectivity index (χ0v) is 5.11. The maximum atomic E-state index is 9.03. The molecule has 0 fully saturated rings. The number of nitrogen functional groups attached to an aromatic ring is 1. The van der Waals surface area contributed by atoms with Crippen LogP contribution in [0.25, 0.3) is 11.1 Å². The Morgan fingerprint density at radius 2 is 2.40 bits per heavy atom. The van der Waals surface area contributed by atoms with Crippen LogP contribution in [0, 0.1) is 0 Å². The molecule has 0 amide bonds. The molecule has 4 heteroatoms. The molecule has 0 aliphatic carbocycles. The first kappa shape index (κ1) is 5.22. The Morgan fingerprint density at radius 3 is 3.10 bits per heavy atom. The minimum absolute atomic E-state index is 0.313. The molecular weight excluding hydrogens is 132 g/mol. The van der Waals surface area contributed by atoms with Crippen molar-refractivity contribution in [2.75, 3.05) is 5.73 Å². The molecule has 0 aliphatic rings. The summed E-state index contributed by atoms with van der Waals surface area (Å²) in [4.78, 5) is 0. The van der Waals surface area contributed by atoms with E-state index >= 15 is 0 Å². The third kappa shape index (κ3) is 0.500. The van der Waals surface area contributed by atoms with Crippen molar-refractivity contribution in [2.45, 2.75) is 0 Å². The quantitative estimate of drug-likeness (QED) is 0.535. The second kappa shape index (κ2) is 1.47. The Kier molecular flexibility index (Phi) is 0.768. The second-order valence-corrected chi connectivity index (χ2v) is 2.06. The molecule has 0 unspecified atom stereocenters. The summed E-state index contributed by atoms with van der Waals surface area (Å²) in [6.45, 7) is 0. The first-order chi connectivity index (χ1) is 4.77. The van der Waals surface area contributed by atoms with Crippen molar-refractivity contribution in [1.29, 1.82) is 0 Å². The Labute approximate surface area is 56.4 Å². The van der Waals surface area contributed by atoms with Crippen molar-refractivity contribution in [3.63, 3.8) is 0 Å². The van der Waals surface area contributed by atoms with Gasteiger partial charge in [-0.2, -0.15) is 4.73 Å². The fourth-order valence-corrected chi connectivity index (χ4v) is 0.932. The topological polar surface area (TPSA) is 64.3 Å². The molecule has 0 saturated heterocycles. The normalized spacial score (nSPS) is 10.8. The predicted octanol–water partition coefficient (Wildman–Crippen LogP) is 1.05. The van der Waals surface area contributed by atoms with Crippen LogP contribution in [0.1, 0.15) is 0 Å². The van der Waals surface area contributed by atoms with Crippen molar-refractivity contribution >= 4 is 17.0 Å². The van der Waals surface area contributed by atoms with E-state index in [1.807, 2.05) is 0 Å². The number of nitrogens with zero attached hydrogens (tertiary/aromatic N) is 1. The number of anilines is 1. The molecule has 2 aromatic heterocycles. The number of hydrogen-bond donors (Lipinski definition) is 2. The highest BCUT2D eigenvalue weighted by Crippen LogP contribution is 2.20. The summed E-state index contributed by atoms with van der Waals surface area (Å²) >= 11 is 0. The standard InChI is InChI=1S/C6H6N2O2/c7-6-3-4-5(10-6)1-2-8(4)9/h1-3,9H,7H2. The van der Waals surface area contributed by atoms with Gasteiger partial charge >= 0.3 is 0 Å². The Hall–Kier alpha value is -1.58. The van der Waals surface area contributed by atoms with Gasteiger partial charge in [0.15, 0.2) is 11.5 Å². The largest absolute Gasteiger partial charge is 0.439 e. The Morgan fingerprint density at radius 1 is 1.60 bits per heavy atom. The van der Waals surface area contributed by atoms with Crippen LogP contribution in [0.3, 0.4) is 0 Å². The smallest absolute Gasteiger partial charge is 0.193 e. The lowest BCUT2D eigenvalue weighted by atomic mass is 10.5. The van der Waals surface area contributed by atoms with E-state index in [4.69, 9.17) is 15.4 Å². The highest BCUT2D eigenvalue weighted by molar-refractivity contribution is 5.77. The molecule has 0 radical (unpaired) electrons. The van der Waals surface area contributed by atoms with Gasteiger partial charge in [-0.05, 0) is 0 Å². The molecule has 0 bridgehead atoms. The molecule has 0 aromatic carbocycles. The van der Waals surface area contributed by atoms with Gasteiger partial charge in [-0.3, -0.25) is 0 Å². The van der Waals surface area contributed by atoms with E-state index in [9.17, 15) is 0 Å². The number of rotatable bonds is 0. The van der Waals surface area contributed by atoms with E-state index in [2.05, 4.69) is 0 Å². The zero-order chi connectivity index (χ0) is 7.14. The molecule has 0 saturated carbocycles. The molecule has 52 valence electrons. The van der Waals surface area contributed by atoms with Crippen molar-refractivity contribution < 1.29 is 9.62 Å². The SMILES string of the molecule is Nc1cc2c(ccn2O)o1. The fourth-order valence-electron chi connectivity index (χ4n) is 0.932. The van der Waals surface area contributed by atoms with Gasteiger partial charge in [0.1, 0.15) is 5.52 Å². The zero-order valence-electron chi connectivity index (χ0n) is 5.11. The van der Waals surface area contributed by atoms with Crippen molar-refractivity contribution in [2.24, 2.45) is 0 Å². The summed E-state index contributed by atoms with van der Waals surface area (Å²) in [6.07, 6.45) is 1.49. The van der Waals surface area contributed by atoms with Crippen LogP contribution in [-0.2, 0) is 0 Å². The summed E-state index contributed by atoms with van der Waals surface area (Å²) < 4.78 is 5.95. The molecule has 0 atom stereocenters. The Bertz CT molecular complexity index is 361. The van der Waals surface area contributed by atoms with Gasteiger partial charge in [-0.25, -0.2) is 0 Å². The lowest BCUT2D eigenvalue weighted by Crippen LogP contribution is -1.83. The van der Waals surface area contributed by atoms with E-state index < -0.39 is 0 Å². The minimum Gasteiger partial charge on any atom is -0.439 e. The maximum Gasteiger partial charge on any atom is 0.193 e. The van der Waals surface area contributed by atoms with Crippen LogP contribution in [0.2, 0.25) is 0 Å². The first-order valence-electron chi connectivity index (χ1n) is 2.83. The van der Waals surface area contributed by atoms with Crippen LogP contribution in [0.15, 0.2) is 22.7 Å². The van der Waals surface area contributed by atoms with Crippen LogP contribution < -0.4 is 5.73 Å². The minimum atomic E-state index is 0.313. The van der Waals surface area contributed by atoms with Gasteiger partial charge in [-0.15, -0.1) is 0 Å². The van der Waals surface area contributed by atoms with E-state index in [0.717, 1.165) is 4.73 Å². The van der Waals surface area contributed by atoms with E-state index in [1.165, 1.54) is 6.20 Å². The predicted molar refractivity (Wildman–Crippen MR) is 35.8 cm³/mol. The Balaban J connectivity index is 2.90. The number of fused-ring (bicyclic) bond motifs is 1.